The van der Waals surface area contributed by atoms with Gasteiger partial charge in [-0.15, -0.1) is 0 Å². The van der Waals surface area contributed by atoms with Crippen molar-refractivity contribution in [1.29, 1.82) is 0 Å². The van der Waals surface area contributed by atoms with Gasteiger partial charge in [-0.2, -0.15) is 0 Å². The van der Waals surface area contributed by atoms with Gasteiger partial charge >= 0.3 is 5.97 Å². The van der Waals surface area contributed by atoms with E-state index < -0.39 is 5.97 Å². The van der Waals surface area contributed by atoms with E-state index in [4.69, 9.17) is 9.84 Å². The zero-order valence-corrected chi connectivity index (χ0v) is 18.4. The molecule has 4 heteroatoms. The van der Waals surface area contributed by atoms with Crippen molar-refractivity contribution in [3.63, 3.8) is 0 Å². The van der Waals surface area contributed by atoms with Crippen molar-refractivity contribution in [2.75, 3.05) is 20.2 Å². The van der Waals surface area contributed by atoms with Gasteiger partial charge < -0.3 is 9.84 Å². The van der Waals surface area contributed by atoms with Gasteiger partial charge in [-0.25, -0.2) is 0 Å². The number of aliphatic carboxylic acids is 1. The molecule has 3 aromatic rings. The van der Waals surface area contributed by atoms with Crippen LogP contribution < -0.4 is 4.74 Å². The van der Waals surface area contributed by atoms with E-state index in [-0.39, 0.29) is 6.42 Å². The Morgan fingerprint density at radius 2 is 1.77 bits per heavy atom. The minimum atomic E-state index is -0.769. The molecule has 0 unspecified atom stereocenters. The fraction of sp³-hybridized carbons (Fsp3) is 0.370. The van der Waals surface area contributed by atoms with Crippen LogP contribution in [0.15, 0.2) is 54.6 Å². The second-order valence-electron chi connectivity index (χ2n) is 8.70. The van der Waals surface area contributed by atoms with Gasteiger partial charge in [-0.3, -0.25) is 9.69 Å². The molecule has 1 heterocycles. The van der Waals surface area contributed by atoms with Gasteiger partial charge in [-0.05, 0) is 77.9 Å². The molecule has 0 aliphatic carbocycles. The highest BCUT2D eigenvalue weighted by Crippen LogP contribution is 2.37. The Kier molecular flexibility index (Phi) is 6.57. The Hall–Kier alpha value is -2.85. The van der Waals surface area contributed by atoms with E-state index in [9.17, 15) is 4.79 Å². The number of methoxy groups -OCH3 is 1. The van der Waals surface area contributed by atoms with E-state index in [1.165, 1.54) is 18.4 Å². The summed E-state index contributed by atoms with van der Waals surface area (Å²) in [4.78, 5) is 13.6. The van der Waals surface area contributed by atoms with E-state index in [1.54, 1.807) is 7.11 Å². The third-order valence-electron chi connectivity index (χ3n) is 6.46. The molecule has 0 atom stereocenters. The molecule has 3 aromatic carbocycles. The monoisotopic (exact) mass is 417 g/mol. The van der Waals surface area contributed by atoms with E-state index in [1.807, 2.05) is 12.1 Å². The molecule has 31 heavy (non-hydrogen) atoms. The van der Waals surface area contributed by atoms with Crippen molar-refractivity contribution in [2.45, 2.75) is 39.2 Å². The van der Waals surface area contributed by atoms with Crippen molar-refractivity contribution < 1.29 is 14.6 Å². The summed E-state index contributed by atoms with van der Waals surface area (Å²) in [6, 6.07) is 18.9. The van der Waals surface area contributed by atoms with Gasteiger partial charge in [-0.1, -0.05) is 49.4 Å². The van der Waals surface area contributed by atoms with Crippen LogP contribution in [-0.4, -0.2) is 36.2 Å². The summed E-state index contributed by atoms with van der Waals surface area (Å²) >= 11 is 0. The lowest BCUT2D eigenvalue weighted by atomic mass is 9.92. The molecule has 0 spiro atoms. The number of benzene rings is 3. The third-order valence-corrected chi connectivity index (χ3v) is 6.46. The maximum atomic E-state index is 11.1. The Bertz CT molecular complexity index is 1070. The molecule has 4 rings (SSSR count). The number of rotatable bonds is 7. The summed E-state index contributed by atoms with van der Waals surface area (Å²) in [5.74, 6) is 0.919. The predicted molar refractivity (Wildman–Crippen MR) is 126 cm³/mol. The number of fused-ring (bicyclic) bond motifs is 1. The lowest BCUT2D eigenvalue weighted by Crippen LogP contribution is -2.32. The highest BCUT2D eigenvalue weighted by atomic mass is 16.5. The number of ether oxygens (including phenoxy) is 1. The SMILES string of the molecule is COc1ccc(CN2CCC(C)CC2)cc1-c1cccc2c(CCC(=O)O)cccc12. The molecule has 1 fully saturated rings. The van der Waals surface area contributed by atoms with Gasteiger partial charge in [0.2, 0.25) is 0 Å². The summed E-state index contributed by atoms with van der Waals surface area (Å²) in [5.41, 5.74) is 4.58. The fourth-order valence-electron chi connectivity index (χ4n) is 4.61. The zero-order valence-electron chi connectivity index (χ0n) is 18.4. The molecule has 0 bridgehead atoms. The highest BCUT2D eigenvalue weighted by molar-refractivity contribution is 5.99. The molecule has 1 aliphatic heterocycles. The maximum Gasteiger partial charge on any atom is 0.303 e. The van der Waals surface area contributed by atoms with Crippen LogP contribution in [0.3, 0.4) is 0 Å². The first kappa shape index (κ1) is 21.4. The minimum Gasteiger partial charge on any atom is -0.496 e. The first-order chi connectivity index (χ1) is 15.0. The quantitative estimate of drug-likeness (QED) is 0.531. The van der Waals surface area contributed by atoms with E-state index in [0.29, 0.717) is 6.42 Å². The summed E-state index contributed by atoms with van der Waals surface area (Å²) in [5, 5.41) is 11.3. The van der Waals surface area contributed by atoms with E-state index >= 15 is 0 Å². The van der Waals surface area contributed by atoms with Crippen molar-refractivity contribution in [3.05, 3.63) is 65.7 Å². The average molecular weight is 418 g/mol. The van der Waals surface area contributed by atoms with Crippen molar-refractivity contribution >= 4 is 16.7 Å². The standard InChI is InChI=1S/C27H31NO3/c1-19-13-15-28(16-14-19)18-20-9-11-26(31-2)25(17-20)24-8-4-6-22-21(10-12-27(29)30)5-3-7-23(22)24/h3-9,11,17,19H,10,12-16,18H2,1-2H3,(H,29,30). The summed E-state index contributed by atoms with van der Waals surface area (Å²) in [6.07, 6.45) is 3.20. The number of piperidine rings is 1. The Morgan fingerprint density at radius 1 is 1.03 bits per heavy atom. The second kappa shape index (κ2) is 9.52. The van der Waals surface area contributed by atoms with Crippen molar-refractivity contribution in [2.24, 2.45) is 5.92 Å². The normalized spacial score (nSPS) is 15.3. The van der Waals surface area contributed by atoms with Crippen molar-refractivity contribution in [3.8, 4) is 16.9 Å². The van der Waals surface area contributed by atoms with Gasteiger partial charge in [0.25, 0.3) is 0 Å². The number of carbonyl (C=O) groups is 1. The zero-order chi connectivity index (χ0) is 21.8. The number of aryl methyl sites for hydroxylation is 1. The number of hydrogen-bond acceptors (Lipinski definition) is 3. The number of carboxylic acids is 1. The lowest BCUT2D eigenvalue weighted by Gasteiger charge is -2.30. The molecule has 0 aromatic heterocycles. The Balaban J connectivity index is 1.71. The summed E-state index contributed by atoms with van der Waals surface area (Å²) < 4.78 is 5.73. The largest absolute Gasteiger partial charge is 0.496 e. The summed E-state index contributed by atoms with van der Waals surface area (Å²) in [7, 11) is 1.72. The molecule has 0 amide bonds. The first-order valence-corrected chi connectivity index (χ1v) is 11.2. The second-order valence-corrected chi connectivity index (χ2v) is 8.70. The molecule has 1 saturated heterocycles. The summed E-state index contributed by atoms with van der Waals surface area (Å²) in [6.45, 7) is 5.61. The number of hydrogen-bond donors (Lipinski definition) is 1. The topological polar surface area (TPSA) is 49.8 Å². The first-order valence-electron chi connectivity index (χ1n) is 11.2. The van der Waals surface area contributed by atoms with E-state index in [0.717, 1.165) is 58.8 Å². The number of likely N-dealkylation sites (tertiary alicyclic amines) is 1. The van der Waals surface area contributed by atoms with Crippen LogP contribution in [0, 0.1) is 5.92 Å². The molecule has 1 aliphatic rings. The Labute approximate surface area is 184 Å². The van der Waals surface area contributed by atoms with E-state index in [2.05, 4.69) is 54.3 Å². The minimum absolute atomic E-state index is 0.136. The molecular formula is C27H31NO3. The van der Waals surface area contributed by atoms with Crippen LogP contribution in [0.2, 0.25) is 0 Å². The van der Waals surface area contributed by atoms with Crippen LogP contribution in [0.1, 0.15) is 37.3 Å². The molecule has 0 radical (unpaired) electrons. The maximum absolute atomic E-state index is 11.1. The predicted octanol–water partition coefficient (Wildman–Crippen LogP) is 5.76. The highest BCUT2D eigenvalue weighted by Gasteiger charge is 2.17. The van der Waals surface area contributed by atoms with Crippen LogP contribution in [0.25, 0.3) is 21.9 Å². The lowest BCUT2D eigenvalue weighted by molar-refractivity contribution is -0.136. The van der Waals surface area contributed by atoms with Crippen LogP contribution in [-0.2, 0) is 17.8 Å². The number of nitrogens with zero attached hydrogens (tertiary/aromatic N) is 1. The Morgan fingerprint density at radius 3 is 2.52 bits per heavy atom. The smallest absolute Gasteiger partial charge is 0.303 e. The van der Waals surface area contributed by atoms with Gasteiger partial charge in [0.15, 0.2) is 0 Å². The molecule has 1 N–H and O–H groups in total. The molecule has 4 nitrogen and oxygen atoms in total. The van der Waals surface area contributed by atoms with Gasteiger partial charge in [0, 0.05) is 18.5 Å². The number of carboxylic acid groups (broad SMARTS) is 1. The van der Waals surface area contributed by atoms with Gasteiger partial charge in [0.1, 0.15) is 5.75 Å². The average Bonchev–Trinajstić information content (AvgIpc) is 2.78. The molecule has 162 valence electrons. The molecule has 0 saturated carbocycles. The van der Waals surface area contributed by atoms with Crippen molar-refractivity contribution in [1.82, 2.24) is 4.90 Å². The molecular weight excluding hydrogens is 386 g/mol. The fourth-order valence-corrected chi connectivity index (χ4v) is 4.61. The van der Waals surface area contributed by atoms with Crippen LogP contribution >= 0.6 is 0 Å². The third kappa shape index (κ3) is 4.91. The van der Waals surface area contributed by atoms with Gasteiger partial charge in [0.05, 0.1) is 7.11 Å². The van der Waals surface area contributed by atoms with Crippen LogP contribution in [0.4, 0.5) is 0 Å². The van der Waals surface area contributed by atoms with Crippen LogP contribution in [0.5, 0.6) is 5.75 Å².